The van der Waals surface area contributed by atoms with E-state index < -0.39 is 10.8 Å². The molecule has 3 heteroatoms. The molecule has 0 aliphatic heterocycles. The monoisotopic (exact) mass is 288 g/mol. The Kier molecular flexibility index (Phi) is 5.50. The Labute approximate surface area is 122 Å². The molecule has 0 aliphatic carbocycles. The molecule has 0 saturated heterocycles. The van der Waals surface area contributed by atoms with Gasteiger partial charge < -0.3 is 5.11 Å². The van der Waals surface area contributed by atoms with Gasteiger partial charge in [-0.3, -0.25) is 4.21 Å². The minimum atomic E-state index is -0.848. The highest BCUT2D eigenvalue weighted by Gasteiger charge is 2.03. The fraction of sp³-hybridized carbons (Fsp3) is 0.294. The van der Waals surface area contributed by atoms with Crippen LogP contribution in [0.3, 0.4) is 0 Å². The number of aryl methyl sites for hydroxylation is 2. The largest absolute Gasteiger partial charge is 0.392 e. The number of hydrogen-bond donors (Lipinski definition) is 1. The van der Waals surface area contributed by atoms with Crippen molar-refractivity contribution in [1.82, 2.24) is 0 Å². The Morgan fingerprint density at radius 2 is 1.45 bits per heavy atom. The van der Waals surface area contributed by atoms with E-state index in [4.69, 9.17) is 5.11 Å². The van der Waals surface area contributed by atoms with Crippen molar-refractivity contribution < 1.29 is 9.32 Å². The molecule has 1 atom stereocenters. The van der Waals surface area contributed by atoms with Gasteiger partial charge in [0.25, 0.3) is 0 Å². The summed E-state index contributed by atoms with van der Waals surface area (Å²) < 4.78 is 12.1. The van der Waals surface area contributed by atoms with Gasteiger partial charge in [0, 0.05) is 22.3 Å². The Balaban J connectivity index is 1.84. The van der Waals surface area contributed by atoms with Crippen LogP contribution in [-0.4, -0.2) is 15.1 Å². The smallest absolute Gasteiger partial charge is 0.0681 e. The Morgan fingerprint density at radius 3 is 2.05 bits per heavy atom. The SMILES string of the molecule is Cc1ccc(CCS(=O)Cc2ccc(CO)cc2)cc1. The average molecular weight is 288 g/mol. The van der Waals surface area contributed by atoms with Gasteiger partial charge in [-0.1, -0.05) is 54.1 Å². The molecule has 1 unspecified atom stereocenters. The molecule has 0 radical (unpaired) electrons. The minimum absolute atomic E-state index is 0.0524. The number of benzene rings is 2. The van der Waals surface area contributed by atoms with Gasteiger partial charge in [0.2, 0.25) is 0 Å². The van der Waals surface area contributed by atoms with Gasteiger partial charge in [0.1, 0.15) is 0 Å². The maximum absolute atomic E-state index is 12.1. The lowest BCUT2D eigenvalue weighted by Gasteiger charge is -2.04. The van der Waals surface area contributed by atoms with Crippen molar-refractivity contribution in [3.63, 3.8) is 0 Å². The summed E-state index contributed by atoms with van der Waals surface area (Å²) in [4.78, 5) is 0. The van der Waals surface area contributed by atoms with Crippen LogP contribution in [0.2, 0.25) is 0 Å². The highest BCUT2D eigenvalue weighted by molar-refractivity contribution is 7.84. The van der Waals surface area contributed by atoms with E-state index in [-0.39, 0.29) is 6.61 Å². The number of aliphatic hydroxyl groups excluding tert-OH is 1. The number of hydrogen-bond acceptors (Lipinski definition) is 2. The molecule has 1 N–H and O–H groups in total. The van der Waals surface area contributed by atoms with E-state index in [1.54, 1.807) is 0 Å². The second-order valence-corrected chi connectivity index (χ2v) is 6.58. The molecule has 2 rings (SSSR count). The van der Waals surface area contributed by atoms with Crippen LogP contribution in [0, 0.1) is 6.92 Å². The molecular weight excluding hydrogens is 268 g/mol. The van der Waals surface area contributed by atoms with Crippen LogP contribution in [0.15, 0.2) is 48.5 Å². The Morgan fingerprint density at radius 1 is 0.900 bits per heavy atom. The molecule has 2 nitrogen and oxygen atoms in total. The van der Waals surface area contributed by atoms with Gasteiger partial charge in [-0.15, -0.1) is 0 Å². The van der Waals surface area contributed by atoms with Gasteiger partial charge in [0.15, 0.2) is 0 Å². The lowest BCUT2D eigenvalue weighted by molar-refractivity contribution is 0.282. The van der Waals surface area contributed by atoms with Gasteiger partial charge >= 0.3 is 0 Å². The first-order valence-corrected chi connectivity index (χ1v) is 8.25. The summed E-state index contributed by atoms with van der Waals surface area (Å²) in [7, 11) is -0.848. The molecule has 0 aromatic heterocycles. The zero-order chi connectivity index (χ0) is 14.4. The normalized spacial score (nSPS) is 12.3. The molecule has 20 heavy (non-hydrogen) atoms. The van der Waals surface area contributed by atoms with E-state index >= 15 is 0 Å². The van der Waals surface area contributed by atoms with Crippen molar-refractivity contribution in [2.75, 3.05) is 5.75 Å². The highest BCUT2D eigenvalue weighted by Crippen LogP contribution is 2.09. The Hall–Kier alpha value is -1.45. The zero-order valence-electron chi connectivity index (χ0n) is 11.7. The molecule has 0 aliphatic rings. The molecule has 0 fully saturated rings. The lowest BCUT2D eigenvalue weighted by Crippen LogP contribution is -2.04. The molecule has 0 spiro atoms. The van der Waals surface area contributed by atoms with Crippen LogP contribution in [0.1, 0.15) is 22.3 Å². The minimum Gasteiger partial charge on any atom is -0.392 e. The van der Waals surface area contributed by atoms with Gasteiger partial charge in [0.05, 0.1) is 6.61 Å². The fourth-order valence-electron chi connectivity index (χ4n) is 1.99. The van der Waals surface area contributed by atoms with Crippen LogP contribution in [0.25, 0.3) is 0 Å². The van der Waals surface area contributed by atoms with E-state index in [2.05, 4.69) is 31.2 Å². The predicted octanol–water partition coefficient (Wildman–Crippen LogP) is 2.98. The average Bonchev–Trinajstić information content (AvgIpc) is 2.47. The summed E-state index contributed by atoms with van der Waals surface area (Å²) in [5.74, 6) is 1.27. The molecule has 2 aromatic carbocycles. The van der Waals surface area contributed by atoms with Crippen LogP contribution >= 0.6 is 0 Å². The Bertz CT molecular complexity index is 559. The quantitative estimate of drug-likeness (QED) is 0.887. The molecular formula is C17H20O2S. The summed E-state index contributed by atoms with van der Waals surface area (Å²) >= 11 is 0. The molecule has 0 heterocycles. The fourth-order valence-corrected chi connectivity index (χ4v) is 3.16. The van der Waals surface area contributed by atoms with Crippen molar-refractivity contribution in [3.8, 4) is 0 Å². The van der Waals surface area contributed by atoms with E-state index in [1.807, 2.05) is 24.3 Å². The number of rotatable bonds is 6. The van der Waals surface area contributed by atoms with Crippen molar-refractivity contribution in [2.24, 2.45) is 0 Å². The maximum atomic E-state index is 12.1. The molecule has 0 bridgehead atoms. The first-order valence-electron chi connectivity index (χ1n) is 6.76. The topological polar surface area (TPSA) is 37.3 Å². The van der Waals surface area contributed by atoms with Crippen LogP contribution < -0.4 is 0 Å². The maximum Gasteiger partial charge on any atom is 0.0681 e. The highest BCUT2D eigenvalue weighted by atomic mass is 32.2. The van der Waals surface area contributed by atoms with E-state index in [0.29, 0.717) is 11.5 Å². The first-order chi connectivity index (χ1) is 9.67. The van der Waals surface area contributed by atoms with E-state index in [1.165, 1.54) is 11.1 Å². The van der Waals surface area contributed by atoms with Crippen molar-refractivity contribution in [3.05, 3.63) is 70.8 Å². The standard InChI is InChI=1S/C17H20O2S/c1-14-2-4-15(5-3-14)10-11-20(19)13-17-8-6-16(12-18)7-9-17/h2-9,18H,10-13H2,1H3. The van der Waals surface area contributed by atoms with Gasteiger partial charge in [-0.2, -0.15) is 0 Å². The van der Waals surface area contributed by atoms with Crippen molar-refractivity contribution >= 4 is 10.8 Å². The third-order valence-corrected chi connectivity index (χ3v) is 4.59. The third kappa shape index (κ3) is 4.58. The lowest BCUT2D eigenvalue weighted by atomic mass is 10.1. The summed E-state index contributed by atoms with van der Waals surface area (Å²) in [6.07, 6.45) is 0.849. The predicted molar refractivity (Wildman–Crippen MR) is 84.0 cm³/mol. The molecule has 2 aromatic rings. The summed E-state index contributed by atoms with van der Waals surface area (Å²) in [5, 5.41) is 8.98. The molecule has 0 saturated carbocycles. The molecule has 0 amide bonds. The first kappa shape index (κ1) is 14.9. The summed E-state index contributed by atoms with van der Waals surface area (Å²) in [6.45, 7) is 2.12. The summed E-state index contributed by atoms with van der Waals surface area (Å²) in [5.41, 5.74) is 4.43. The van der Waals surface area contributed by atoms with Gasteiger partial charge in [-0.05, 0) is 30.0 Å². The van der Waals surface area contributed by atoms with E-state index in [0.717, 1.165) is 17.5 Å². The van der Waals surface area contributed by atoms with Crippen molar-refractivity contribution in [1.29, 1.82) is 0 Å². The van der Waals surface area contributed by atoms with Crippen molar-refractivity contribution in [2.45, 2.75) is 25.7 Å². The van der Waals surface area contributed by atoms with Crippen LogP contribution in [-0.2, 0) is 29.6 Å². The zero-order valence-corrected chi connectivity index (χ0v) is 12.5. The third-order valence-electron chi connectivity index (χ3n) is 3.27. The molecule has 106 valence electrons. The van der Waals surface area contributed by atoms with E-state index in [9.17, 15) is 4.21 Å². The number of aliphatic hydroxyl groups is 1. The van der Waals surface area contributed by atoms with Gasteiger partial charge in [-0.25, -0.2) is 0 Å². The van der Waals surface area contributed by atoms with Crippen LogP contribution in [0.5, 0.6) is 0 Å². The second-order valence-electron chi connectivity index (χ2n) is 5.00. The summed E-state index contributed by atoms with van der Waals surface area (Å²) in [6, 6.07) is 16.0. The van der Waals surface area contributed by atoms with Crippen LogP contribution in [0.4, 0.5) is 0 Å². The second kappa shape index (κ2) is 7.36.